The molecule has 3 aromatic carbocycles. The molecule has 0 spiro atoms. The van der Waals surface area contributed by atoms with Crippen molar-refractivity contribution < 1.29 is 28.0 Å². The predicted octanol–water partition coefficient (Wildman–Crippen LogP) is 5.46. The molecule has 1 fully saturated rings. The van der Waals surface area contributed by atoms with Crippen LogP contribution in [-0.2, 0) is 23.5 Å². The molecule has 0 radical (unpaired) electrons. The average Bonchev–Trinajstić information content (AvgIpc) is 3.86. The third-order valence-corrected chi connectivity index (χ3v) is 9.81. The molecule has 1 unspecified atom stereocenters. The van der Waals surface area contributed by atoms with E-state index in [0.717, 1.165) is 53.8 Å². The van der Waals surface area contributed by atoms with Crippen LogP contribution in [0.3, 0.4) is 0 Å². The fraction of sp³-hybridized carbons (Fsp3) is 0.306. The number of carbonyl (C=O) groups excluding carboxylic acids is 1. The third-order valence-electron chi connectivity index (χ3n) is 8.78. The molecule has 1 saturated heterocycles. The third kappa shape index (κ3) is 6.89. The number of nitrogens with zero attached hydrogens (tertiary/aromatic N) is 5. The first-order valence-corrected chi connectivity index (χ1v) is 16.5. The molecule has 12 heteroatoms. The van der Waals surface area contributed by atoms with Crippen molar-refractivity contribution in [1.82, 2.24) is 20.1 Å². The molecule has 3 atom stereocenters. The van der Waals surface area contributed by atoms with Gasteiger partial charge in [-0.3, -0.25) is 0 Å². The number of hydrogen-bond donors (Lipinski definition) is 2. The molecule has 5 aromatic rings. The summed E-state index contributed by atoms with van der Waals surface area (Å²) in [5, 5.41) is 31.4. The molecular formula is C36H35F2N6O3S+. The summed E-state index contributed by atoms with van der Waals surface area (Å²) < 4.78 is 38.4. The van der Waals surface area contributed by atoms with Crippen molar-refractivity contribution in [2.75, 3.05) is 6.54 Å². The van der Waals surface area contributed by atoms with E-state index in [0.29, 0.717) is 28.6 Å². The summed E-state index contributed by atoms with van der Waals surface area (Å²) in [6.45, 7) is 6.67. The minimum Gasteiger partial charge on any atom is -0.425 e. The highest BCUT2D eigenvalue weighted by Gasteiger charge is 2.43. The summed E-state index contributed by atoms with van der Waals surface area (Å²) >= 11 is 1.32. The molecule has 0 amide bonds. The number of nitriles is 1. The van der Waals surface area contributed by atoms with Gasteiger partial charge in [0.05, 0.1) is 28.9 Å². The number of nitrogens with one attached hydrogen (secondary N) is 1. The van der Waals surface area contributed by atoms with Gasteiger partial charge in [-0.25, -0.2) is 23.1 Å². The Kier molecular flexibility index (Phi) is 9.46. The Labute approximate surface area is 281 Å². The van der Waals surface area contributed by atoms with Crippen molar-refractivity contribution in [2.24, 2.45) is 0 Å². The van der Waals surface area contributed by atoms with E-state index in [1.807, 2.05) is 35.9 Å². The molecule has 48 heavy (non-hydrogen) atoms. The standard InChI is InChI=1S/C36H35F2N6O3S/c1-22-13-26(14-23(2)33(22)47-35(45)31-5-4-12-40-31)17-43-20-41-44(21-43)19-36(46,29-11-10-28(37)15-30(29)38)24(3)34-42-32(18-48-34)27-8-6-25(16-39)7-9-27/h6-11,13-15,18,20-21,24,31,40,46H,4-5,12,17,19H2,1-3H3/q+1/t24?,31-,36+/m0/s1. The van der Waals surface area contributed by atoms with Crippen molar-refractivity contribution in [3.63, 3.8) is 0 Å². The van der Waals surface area contributed by atoms with Gasteiger partial charge in [-0.2, -0.15) is 5.26 Å². The Morgan fingerprint density at radius 2 is 1.96 bits per heavy atom. The molecular weight excluding hydrogens is 634 g/mol. The lowest BCUT2D eigenvalue weighted by atomic mass is 9.82. The Morgan fingerprint density at radius 3 is 2.62 bits per heavy atom. The van der Waals surface area contributed by atoms with Crippen molar-refractivity contribution >= 4 is 17.3 Å². The van der Waals surface area contributed by atoms with Crippen molar-refractivity contribution in [3.8, 4) is 23.1 Å². The Hall–Kier alpha value is -4.83. The molecule has 0 aliphatic carbocycles. The summed E-state index contributed by atoms with van der Waals surface area (Å²) in [7, 11) is 0. The first kappa shape index (κ1) is 33.1. The first-order valence-electron chi connectivity index (χ1n) is 15.6. The van der Waals surface area contributed by atoms with Crippen LogP contribution >= 0.6 is 11.3 Å². The zero-order valence-corrected chi connectivity index (χ0v) is 27.6. The van der Waals surface area contributed by atoms with E-state index in [1.54, 1.807) is 43.8 Å². The number of ether oxygens (including phenoxy) is 1. The molecule has 3 heterocycles. The fourth-order valence-electron chi connectivity index (χ4n) is 6.17. The number of rotatable bonds is 10. The van der Waals surface area contributed by atoms with Crippen LogP contribution < -0.4 is 14.6 Å². The maximum atomic E-state index is 15.3. The van der Waals surface area contributed by atoms with Gasteiger partial charge in [-0.1, -0.05) is 25.1 Å². The van der Waals surface area contributed by atoms with E-state index < -0.39 is 23.2 Å². The van der Waals surface area contributed by atoms with Gasteiger partial charge >= 0.3 is 5.97 Å². The number of carbonyl (C=O) groups is 1. The van der Waals surface area contributed by atoms with Crippen LogP contribution in [0.4, 0.5) is 8.78 Å². The van der Waals surface area contributed by atoms with Gasteiger partial charge in [0.2, 0.25) is 6.33 Å². The lowest BCUT2D eigenvalue weighted by Crippen LogP contribution is -2.39. The Morgan fingerprint density at radius 1 is 1.21 bits per heavy atom. The molecule has 9 nitrogen and oxygen atoms in total. The lowest BCUT2D eigenvalue weighted by Gasteiger charge is -2.32. The second-order valence-electron chi connectivity index (χ2n) is 12.3. The van der Waals surface area contributed by atoms with E-state index in [9.17, 15) is 14.3 Å². The quantitative estimate of drug-likeness (QED) is 0.115. The highest BCUT2D eigenvalue weighted by Crippen LogP contribution is 2.41. The molecule has 1 aliphatic heterocycles. The van der Waals surface area contributed by atoms with Gasteiger partial charge in [-0.05, 0) is 80.3 Å². The molecule has 1 aliphatic rings. The Bertz CT molecular complexity index is 1970. The zero-order chi connectivity index (χ0) is 34.0. The van der Waals surface area contributed by atoms with Gasteiger partial charge in [0.15, 0.2) is 0 Å². The average molecular weight is 670 g/mol. The highest BCUT2D eigenvalue weighted by molar-refractivity contribution is 7.10. The molecule has 2 aromatic heterocycles. The summed E-state index contributed by atoms with van der Waals surface area (Å²) in [6.07, 6.45) is 5.04. The molecule has 6 rings (SSSR count). The van der Waals surface area contributed by atoms with Crippen LogP contribution in [0.15, 0.2) is 72.6 Å². The SMILES string of the molecule is Cc1cc(C[n+]2cnn(C[C@](O)(c3ccc(F)cc3F)C(C)c3nc(-c4ccc(C#N)cc4)cs3)c2)cc(C)c1OC(=O)[C@@H]1CCCN1. The lowest BCUT2D eigenvalue weighted by molar-refractivity contribution is -0.689. The number of halogens is 2. The second kappa shape index (κ2) is 13.7. The summed E-state index contributed by atoms with van der Waals surface area (Å²) in [4.78, 5) is 17.4. The largest absolute Gasteiger partial charge is 0.425 e. The minimum absolute atomic E-state index is 0.0715. The van der Waals surface area contributed by atoms with Crippen LogP contribution in [0.5, 0.6) is 5.75 Å². The molecule has 246 valence electrons. The topological polar surface area (TPSA) is 117 Å². The number of thiazole rings is 1. The molecule has 0 saturated carbocycles. The molecule has 0 bridgehead atoms. The van der Waals surface area contributed by atoms with E-state index in [-0.39, 0.29) is 24.1 Å². The Balaban J connectivity index is 1.24. The number of aromatic nitrogens is 4. The summed E-state index contributed by atoms with van der Waals surface area (Å²) in [5.74, 6) is -2.05. The van der Waals surface area contributed by atoms with Gasteiger partial charge in [0.1, 0.15) is 35.6 Å². The van der Waals surface area contributed by atoms with Crippen molar-refractivity contribution in [1.29, 1.82) is 5.26 Å². The summed E-state index contributed by atoms with van der Waals surface area (Å²) in [6, 6.07) is 15.9. The number of hydrogen-bond acceptors (Lipinski definition) is 8. The van der Waals surface area contributed by atoms with Crippen LogP contribution in [0, 0.1) is 36.8 Å². The van der Waals surface area contributed by atoms with Gasteiger partial charge < -0.3 is 15.2 Å². The van der Waals surface area contributed by atoms with Crippen LogP contribution in [0.25, 0.3) is 11.3 Å². The van der Waals surface area contributed by atoms with Gasteiger partial charge in [-0.15, -0.1) is 16.0 Å². The number of aryl methyl sites for hydroxylation is 2. The molecule has 2 N–H and O–H groups in total. The second-order valence-corrected chi connectivity index (χ2v) is 13.2. The number of aliphatic hydroxyl groups is 1. The normalized spacial score (nSPS) is 16.3. The zero-order valence-electron chi connectivity index (χ0n) is 26.8. The van der Waals surface area contributed by atoms with Crippen molar-refractivity contribution in [2.45, 2.75) is 64.3 Å². The van der Waals surface area contributed by atoms with E-state index in [1.165, 1.54) is 22.1 Å². The predicted molar refractivity (Wildman–Crippen MR) is 175 cm³/mol. The maximum Gasteiger partial charge on any atom is 0.328 e. The smallest absolute Gasteiger partial charge is 0.328 e. The number of esters is 1. The first-order chi connectivity index (χ1) is 23.0. The van der Waals surface area contributed by atoms with E-state index in [4.69, 9.17) is 15.0 Å². The van der Waals surface area contributed by atoms with Gasteiger partial charge in [0.25, 0.3) is 6.33 Å². The highest BCUT2D eigenvalue weighted by atomic mass is 32.1. The summed E-state index contributed by atoms with van der Waals surface area (Å²) in [5.41, 5.74) is 2.69. The maximum absolute atomic E-state index is 15.3. The van der Waals surface area contributed by atoms with Crippen LogP contribution in [-0.4, -0.2) is 38.4 Å². The van der Waals surface area contributed by atoms with Crippen LogP contribution in [0.2, 0.25) is 0 Å². The minimum atomic E-state index is -1.85. The monoisotopic (exact) mass is 669 g/mol. The van der Waals surface area contributed by atoms with Crippen molar-refractivity contribution in [3.05, 3.63) is 117 Å². The number of benzene rings is 3. The van der Waals surface area contributed by atoms with E-state index in [2.05, 4.69) is 16.5 Å². The van der Waals surface area contributed by atoms with Crippen LogP contribution in [0.1, 0.15) is 58.5 Å². The fourth-order valence-corrected chi connectivity index (χ4v) is 7.14. The van der Waals surface area contributed by atoms with Gasteiger partial charge in [0, 0.05) is 33.6 Å². The van der Waals surface area contributed by atoms with E-state index >= 15 is 4.39 Å².